The largest absolute Gasteiger partial charge is 0.496 e. The normalized spacial score (nSPS) is 10.1. The number of hydrogen-bond acceptors (Lipinski definition) is 4. The molecule has 0 aliphatic rings. The molecule has 1 rings (SSSR count). The molecule has 18 heavy (non-hydrogen) atoms. The van der Waals surface area contributed by atoms with Crippen LogP contribution < -0.4 is 4.74 Å². The van der Waals surface area contributed by atoms with Crippen molar-refractivity contribution in [2.45, 2.75) is 20.8 Å². The molecule has 0 saturated heterocycles. The third-order valence-electron chi connectivity index (χ3n) is 2.62. The summed E-state index contributed by atoms with van der Waals surface area (Å²) in [4.78, 5) is 23.1. The van der Waals surface area contributed by atoms with Crippen LogP contribution in [0.1, 0.15) is 28.4 Å². The molecule has 0 unspecified atom stereocenters. The van der Waals surface area contributed by atoms with Crippen LogP contribution in [0.3, 0.4) is 0 Å². The Bertz CT molecular complexity index is 494. The minimum Gasteiger partial charge on any atom is -0.496 e. The number of Topliss-reactive ketones (excluding diaryl/α,β-unsaturated/α-hetero) is 1. The van der Waals surface area contributed by atoms with Crippen LogP contribution in [0.2, 0.25) is 0 Å². The van der Waals surface area contributed by atoms with Crippen LogP contribution in [-0.2, 0) is 9.53 Å². The predicted octanol–water partition coefficient (Wildman–Crippen LogP) is 2.20. The van der Waals surface area contributed by atoms with Gasteiger partial charge in [0.1, 0.15) is 11.6 Å². The molecule has 0 N–H and O–H groups in total. The van der Waals surface area contributed by atoms with E-state index in [1.54, 1.807) is 20.8 Å². The van der Waals surface area contributed by atoms with Gasteiger partial charge in [-0.05, 0) is 26.8 Å². The zero-order chi connectivity index (χ0) is 13.9. The summed E-state index contributed by atoms with van der Waals surface area (Å²) >= 11 is 0. The minimum absolute atomic E-state index is 0.0339. The Morgan fingerprint density at radius 1 is 1.28 bits per heavy atom. The number of rotatable bonds is 4. The number of hydrogen-bond donors (Lipinski definition) is 0. The fraction of sp³-hybridized carbons (Fsp3) is 0.385. The van der Waals surface area contributed by atoms with Crippen molar-refractivity contribution < 1.29 is 23.5 Å². The van der Waals surface area contributed by atoms with Crippen LogP contribution in [0, 0.1) is 19.7 Å². The first-order valence-electron chi connectivity index (χ1n) is 5.49. The lowest BCUT2D eigenvalue weighted by molar-refractivity contribution is -0.137. The summed E-state index contributed by atoms with van der Waals surface area (Å²) in [5, 5.41) is 0. The molecule has 0 heterocycles. The van der Waals surface area contributed by atoms with Crippen LogP contribution >= 0.6 is 0 Å². The van der Waals surface area contributed by atoms with Crippen LogP contribution in [-0.4, -0.2) is 25.5 Å². The van der Waals surface area contributed by atoms with Gasteiger partial charge in [-0.25, -0.2) is 9.18 Å². The topological polar surface area (TPSA) is 52.6 Å². The van der Waals surface area contributed by atoms with Gasteiger partial charge in [-0.2, -0.15) is 0 Å². The van der Waals surface area contributed by atoms with E-state index in [9.17, 15) is 14.0 Å². The van der Waals surface area contributed by atoms with Crippen molar-refractivity contribution in [3.63, 3.8) is 0 Å². The van der Waals surface area contributed by atoms with Crippen molar-refractivity contribution in [2.24, 2.45) is 0 Å². The lowest BCUT2D eigenvalue weighted by atomic mass is 10.00. The monoisotopic (exact) mass is 254 g/mol. The molecule has 0 aliphatic heterocycles. The number of ketones is 1. The number of ether oxygens (including phenoxy) is 2. The first kappa shape index (κ1) is 14.2. The number of halogens is 1. The van der Waals surface area contributed by atoms with Gasteiger partial charge in [0.25, 0.3) is 5.78 Å². The Balaban J connectivity index is 3.30. The number of methoxy groups -OCH3 is 1. The van der Waals surface area contributed by atoms with Gasteiger partial charge < -0.3 is 9.47 Å². The summed E-state index contributed by atoms with van der Waals surface area (Å²) in [6, 6.07) is 1.03. The van der Waals surface area contributed by atoms with E-state index in [2.05, 4.69) is 4.74 Å². The van der Waals surface area contributed by atoms with E-state index in [1.807, 2.05) is 0 Å². The van der Waals surface area contributed by atoms with E-state index in [1.165, 1.54) is 7.11 Å². The number of benzene rings is 1. The standard InChI is InChI=1S/C13H15FO4/c1-5-18-13(16)11(15)9-6-10(14)8(3)12(17-4)7(9)2/h6H,5H2,1-4H3. The highest BCUT2D eigenvalue weighted by Gasteiger charge is 2.24. The maximum Gasteiger partial charge on any atom is 0.379 e. The number of carbonyl (C=O) groups is 2. The van der Waals surface area contributed by atoms with E-state index >= 15 is 0 Å². The van der Waals surface area contributed by atoms with Crippen molar-refractivity contribution in [1.82, 2.24) is 0 Å². The Kier molecular flexibility index (Phi) is 4.42. The van der Waals surface area contributed by atoms with Gasteiger partial charge in [0, 0.05) is 16.7 Å². The highest BCUT2D eigenvalue weighted by molar-refractivity contribution is 6.41. The average molecular weight is 254 g/mol. The van der Waals surface area contributed by atoms with E-state index in [-0.39, 0.29) is 17.9 Å². The summed E-state index contributed by atoms with van der Waals surface area (Å²) < 4.78 is 23.3. The van der Waals surface area contributed by atoms with Crippen LogP contribution in [0.4, 0.5) is 4.39 Å². The maximum atomic E-state index is 13.6. The van der Waals surface area contributed by atoms with Gasteiger partial charge in [-0.3, -0.25) is 4.79 Å². The molecule has 0 aliphatic carbocycles. The van der Waals surface area contributed by atoms with Crippen molar-refractivity contribution in [3.05, 3.63) is 28.6 Å². The second-order valence-electron chi connectivity index (χ2n) is 3.74. The minimum atomic E-state index is -0.995. The Labute approximate surface area is 105 Å². The molecular formula is C13H15FO4. The molecule has 0 aromatic heterocycles. The molecule has 5 heteroatoms. The van der Waals surface area contributed by atoms with Gasteiger partial charge in [0.15, 0.2) is 0 Å². The van der Waals surface area contributed by atoms with Crippen LogP contribution in [0.5, 0.6) is 5.75 Å². The Morgan fingerprint density at radius 2 is 1.89 bits per heavy atom. The van der Waals surface area contributed by atoms with E-state index < -0.39 is 17.6 Å². The van der Waals surface area contributed by atoms with Crippen LogP contribution in [0.25, 0.3) is 0 Å². The summed E-state index contributed by atoms with van der Waals surface area (Å²) in [6.07, 6.45) is 0. The van der Waals surface area contributed by atoms with Gasteiger partial charge in [-0.1, -0.05) is 0 Å². The van der Waals surface area contributed by atoms with Gasteiger partial charge in [0.05, 0.1) is 13.7 Å². The van der Waals surface area contributed by atoms with Gasteiger partial charge >= 0.3 is 5.97 Å². The molecule has 4 nitrogen and oxygen atoms in total. The van der Waals surface area contributed by atoms with Gasteiger partial charge in [-0.15, -0.1) is 0 Å². The second-order valence-corrected chi connectivity index (χ2v) is 3.74. The number of carbonyl (C=O) groups excluding carboxylic acids is 2. The lowest BCUT2D eigenvalue weighted by Gasteiger charge is -2.13. The highest BCUT2D eigenvalue weighted by atomic mass is 19.1. The average Bonchev–Trinajstić information content (AvgIpc) is 2.34. The number of esters is 1. The van der Waals surface area contributed by atoms with E-state index in [0.29, 0.717) is 11.1 Å². The third-order valence-corrected chi connectivity index (χ3v) is 2.62. The van der Waals surface area contributed by atoms with Crippen molar-refractivity contribution in [3.8, 4) is 5.75 Å². The second kappa shape index (κ2) is 5.62. The predicted molar refractivity (Wildman–Crippen MR) is 63.4 cm³/mol. The quantitative estimate of drug-likeness (QED) is 0.469. The Morgan fingerprint density at radius 3 is 2.39 bits per heavy atom. The molecule has 0 fully saturated rings. The van der Waals surface area contributed by atoms with E-state index in [0.717, 1.165) is 6.07 Å². The first-order chi connectivity index (χ1) is 8.43. The van der Waals surface area contributed by atoms with E-state index in [4.69, 9.17) is 4.74 Å². The smallest absolute Gasteiger partial charge is 0.379 e. The fourth-order valence-electron chi connectivity index (χ4n) is 1.70. The summed E-state index contributed by atoms with van der Waals surface area (Å²) in [5.74, 6) is -2.19. The summed E-state index contributed by atoms with van der Waals surface area (Å²) in [6.45, 7) is 4.82. The molecule has 0 amide bonds. The zero-order valence-corrected chi connectivity index (χ0v) is 10.8. The van der Waals surface area contributed by atoms with Crippen molar-refractivity contribution in [1.29, 1.82) is 0 Å². The maximum absolute atomic E-state index is 13.6. The molecule has 1 aromatic carbocycles. The molecular weight excluding hydrogens is 239 g/mol. The third kappa shape index (κ3) is 2.50. The molecule has 0 radical (unpaired) electrons. The lowest BCUT2D eigenvalue weighted by Crippen LogP contribution is -2.19. The van der Waals surface area contributed by atoms with Crippen LogP contribution in [0.15, 0.2) is 6.07 Å². The van der Waals surface area contributed by atoms with Gasteiger partial charge in [0.2, 0.25) is 0 Å². The zero-order valence-electron chi connectivity index (χ0n) is 10.8. The fourth-order valence-corrected chi connectivity index (χ4v) is 1.70. The van der Waals surface area contributed by atoms with Crippen molar-refractivity contribution in [2.75, 3.05) is 13.7 Å². The molecule has 0 saturated carbocycles. The first-order valence-corrected chi connectivity index (χ1v) is 5.49. The molecule has 98 valence electrons. The Hall–Kier alpha value is -1.91. The van der Waals surface area contributed by atoms with Crippen molar-refractivity contribution >= 4 is 11.8 Å². The SMILES string of the molecule is CCOC(=O)C(=O)c1cc(F)c(C)c(OC)c1C. The summed E-state index contributed by atoms with van der Waals surface area (Å²) in [7, 11) is 1.38. The molecule has 1 aromatic rings. The molecule has 0 spiro atoms. The summed E-state index contributed by atoms with van der Waals surface area (Å²) in [5.41, 5.74) is 0.693. The highest BCUT2D eigenvalue weighted by Crippen LogP contribution is 2.28. The molecule has 0 bridgehead atoms. The molecule has 0 atom stereocenters.